The molecule has 0 saturated carbocycles. The standard InChI is InChI=1S/C52H34N2/c1-3-13-43-36(11-1)21-22-39-33-37(25-32-45(39)43)35-23-26-40(27-24-35)53(52-34-38-12-2-4-14-44(38)46-15-5-6-16-47(46)52)41-28-30-42(31-29-41)54-50-19-9-7-17-48(50)49-18-8-10-20-51(49)54/h1-34H/i23D,24D,26D,27D. The molecular weight excluding hydrogens is 653 g/mol. The number of fused-ring (bicyclic) bond motifs is 9. The molecule has 0 aliphatic heterocycles. The number of hydrogen-bond donors (Lipinski definition) is 0. The van der Waals surface area contributed by atoms with E-state index in [1.165, 1.54) is 10.8 Å². The van der Waals surface area contributed by atoms with Crippen molar-refractivity contribution in [1.82, 2.24) is 4.57 Å². The maximum Gasteiger partial charge on any atom is 0.0645 e. The largest absolute Gasteiger partial charge is 0.310 e. The van der Waals surface area contributed by atoms with Crippen LogP contribution in [0, 0.1) is 0 Å². The first-order valence-corrected chi connectivity index (χ1v) is 18.3. The van der Waals surface area contributed by atoms with Gasteiger partial charge in [0, 0.05) is 33.2 Å². The molecule has 0 fully saturated rings. The number of rotatable bonds is 5. The Morgan fingerprint density at radius 2 is 0.870 bits per heavy atom. The molecule has 10 aromatic carbocycles. The molecule has 252 valence electrons. The Morgan fingerprint density at radius 3 is 1.57 bits per heavy atom. The van der Waals surface area contributed by atoms with E-state index in [-0.39, 0.29) is 35.4 Å². The third-order valence-electron chi connectivity index (χ3n) is 10.8. The van der Waals surface area contributed by atoms with Gasteiger partial charge in [-0.1, -0.05) is 146 Å². The van der Waals surface area contributed by atoms with E-state index in [9.17, 15) is 5.48 Å². The fraction of sp³-hybridized carbons (Fsp3) is 0. The summed E-state index contributed by atoms with van der Waals surface area (Å²) in [6.07, 6.45) is 0. The molecule has 0 unspecified atom stereocenters. The molecule has 0 aliphatic carbocycles. The Hall–Kier alpha value is -7.16. The molecule has 2 nitrogen and oxygen atoms in total. The smallest absolute Gasteiger partial charge is 0.0645 e. The lowest BCUT2D eigenvalue weighted by Crippen LogP contribution is -2.11. The van der Waals surface area contributed by atoms with E-state index < -0.39 is 0 Å². The molecule has 1 heterocycles. The number of nitrogens with zero attached hydrogens (tertiary/aromatic N) is 2. The lowest BCUT2D eigenvalue weighted by Gasteiger charge is -2.28. The van der Waals surface area contributed by atoms with Crippen LogP contribution in [0.15, 0.2) is 206 Å². The van der Waals surface area contributed by atoms with Crippen LogP contribution >= 0.6 is 0 Å². The molecule has 0 atom stereocenters. The van der Waals surface area contributed by atoms with Crippen LogP contribution in [0.4, 0.5) is 17.1 Å². The zero-order valence-corrected chi connectivity index (χ0v) is 29.2. The third-order valence-corrected chi connectivity index (χ3v) is 10.8. The molecule has 0 spiro atoms. The first kappa shape index (κ1) is 26.6. The van der Waals surface area contributed by atoms with Crippen LogP contribution in [0.25, 0.3) is 81.7 Å². The second-order valence-electron chi connectivity index (χ2n) is 13.8. The molecule has 0 saturated heterocycles. The van der Waals surface area contributed by atoms with Gasteiger partial charge in [0.15, 0.2) is 0 Å². The van der Waals surface area contributed by atoms with Gasteiger partial charge in [-0.15, -0.1) is 0 Å². The van der Waals surface area contributed by atoms with Gasteiger partial charge in [-0.25, -0.2) is 0 Å². The van der Waals surface area contributed by atoms with E-state index in [1.54, 1.807) is 0 Å². The van der Waals surface area contributed by atoms with Crippen molar-refractivity contribution in [2.24, 2.45) is 0 Å². The highest BCUT2D eigenvalue weighted by molar-refractivity contribution is 6.15. The summed E-state index contributed by atoms with van der Waals surface area (Å²) >= 11 is 0. The van der Waals surface area contributed by atoms with Gasteiger partial charge in [0.1, 0.15) is 0 Å². The molecule has 54 heavy (non-hydrogen) atoms. The van der Waals surface area contributed by atoms with E-state index in [0.29, 0.717) is 5.56 Å². The lowest BCUT2D eigenvalue weighted by atomic mass is 9.97. The van der Waals surface area contributed by atoms with E-state index in [0.717, 1.165) is 71.2 Å². The second-order valence-corrected chi connectivity index (χ2v) is 13.8. The third kappa shape index (κ3) is 4.81. The SMILES string of the molecule is [2H]c1c([2H])c(N(c2ccc(-n3c4ccccc4c4ccccc43)cc2)c2cc3ccccc3c3ccccc23)c([2H])c([2H])c1-c1ccc2c(ccc3ccccc32)c1. The summed E-state index contributed by atoms with van der Waals surface area (Å²) in [6.45, 7) is 0. The number of para-hydroxylation sites is 2. The molecule has 2 heteroatoms. The first-order chi connectivity index (χ1) is 28.5. The maximum absolute atomic E-state index is 9.69. The molecule has 0 radical (unpaired) electrons. The van der Waals surface area contributed by atoms with Gasteiger partial charge in [-0.3, -0.25) is 0 Å². The number of anilines is 3. The van der Waals surface area contributed by atoms with Gasteiger partial charge in [0.05, 0.1) is 22.2 Å². The molecule has 11 aromatic rings. The summed E-state index contributed by atoms with van der Waals surface area (Å²) < 4.78 is 40.7. The monoisotopic (exact) mass is 690 g/mol. The Balaban J connectivity index is 1.14. The van der Waals surface area contributed by atoms with E-state index in [2.05, 4.69) is 120 Å². The van der Waals surface area contributed by atoms with Crippen LogP contribution in [0.2, 0.25) is 0 Å². The van der Waals surface area contributed by atoms with Crippen LogP contribution in [0.5, 0.6) is 0 Å². The summed E-state index contributed by atoms with van der Waals surface area (Å²) in [5.41, 5.74) is 5.78. The summed E-state index contributed by atoms with van der Waals surface area (Å²) in [5, 5.41) is 10.8. The fourth-order valence-corrected chi connectivity index (χ4v) is 8.29. The van der Waals surface area contributed by atoms with Gasteiger partial charge in [-0.05, 0) is 109 Å². The van der Waals surface area contributed by atoms with Crippen molar-refractivity contribution in [3.63, 3.8) is 0 Å². The molecule has 11 rings (SSSR count). The highest BCUT2D eigenvalue weighted by Gasteiger charge is 2.19. The van der Waals surface area contributed by atoms with Gasteiger partial charge in [0.2, 0.25) is 0 Å². The number of aromatic nitrogens is 1. The highest BCUT2D eigenvalue weighted by atomic mass is 15.1. The van der Waals surface area contributed by atoms with Crippen molar-refractivity contribution in [1.29, 1.82) is 0 Å². The van der Waals surface area contributed by atoms with E-state index in [4.69, 9.17) is 0 Å². The molecule has 0 amide bonds. The van der Waals surface area contributed by atoms with Crippen LogP contribution in [0.3, 0.4) is 0 Å². The first-order valence-electron chi connectivity index (χ1n) is 20.3. The minimum Gasteiger partial charge on any atom is -0.310 e. The van der Waals surface area contributed by atoms with Gasteiger partial charge >= 0.3 is 0 Å². The van der Waals surface area contributed by atoms with Crippen molar-refractivity contribution in [3.05, 3.63) is 206 Å². The van der Waals surface area contributed by atoms with Gasteiger partial charge in [0.25, 0.3) is 0 Å². The quantitative estimate of drug-likeness (QED) is 0.163. The minimum atomic E-state index is -0.113. The Bertz CT molecular complexity index is 3380. The Labute approximate surface area is 319 Å². The summed E-state index contributed by atoms with van der Waals surface area (Å²) in [5.74, 6) is 0. The summed E-state index contributed by atoms with van der Waals surface area (Å²) in [4.78, 5) is 1.92. The summed E-state index contributed by atoms with van der Waals surface area (Å²) in [6, 6.07) is 61.5. The topological polar surface area (TPSA) is 8.17 Å². The van der Waals surface area contributed by atoms with Crippen molar-refractivity contribution >= 4 is 82.0 Å². The van der Waals surface area contributed by atoms with Gasteiger partial charge < -0.3 is 9.47 Å². The minimum absolute atomic E-state index is 0.0897. The van der Waals surface area contributed by atoms with Crippen LogP contribution in [-0.4, -0.2) is 4.57 Å². The average Bonchev–Trinajstić information content (AvgIpc) is 3.61. The van der Waals surface area contributed by atoms with E-state index >= 15 is 0 Å². The van der Waals surface area contributed by atoms with Gasteiger partial charge in [-0.2, -0.15) is 0 Å². The van der Waals surface area contributed by atoms with Crippen molar-refractivity contribution < 1.29 is 5.48 Å². The van der Waals surface area contributed by atoms with Crippen molar-refractivity contribution in [2.45, 2.75) is 0 Å². The molecule has 0 bridgehead atoms. The second kappa shape index (κ2) is 12.2. The Kier molecular flexibility index (Phi) is 6.02. The number of hydrogen-bond acceptors (Lipinski definition) is 1. The van der Waals surface area contributed by atoms with E-state index in [1.807, 2.05) is 71.6 Å². The highest BCUT2D eigenvalue weighted by Crippen LogP contribution is 2.43. The van der Waals surface area contributed by atoms with Crippen LogP contribution < -0.4 is 4.90 Å². The van der Waals surface area contributed by atoms with Crippen molar-refractivity contribution in [2.75, 3.05) is 4.90 Å². The van der Waals surface area contributed by atoms with Crippen LogP contribution in [0.1, 0.15) is 5.48 Å². The predicted octanol–water partition coefficient (Wildman–Crippen LogP) is 14.5. The average molecular weight is 691 g/mol. The summed E-state index contributed by atoms with van der Waals surface area (Å²) in [7, 11) is 0. The normalized spacial score (nSPS) is 12.7. The molecule has 0 N–H and O–H groups in total. The lowest BCUT2D eigenvalue weighted by molar-refractivity contribution is 1.17. The van der Waals surface area contributed by atoms with Crippen molar-refractivity contribution in [3.8, 4) is 16.8 Å². The molecular formula is C52H34N2. The number of benzene rings is 10. The fourth-order valence-electron chi connectivity index (χ4n) is 8.29. The zero-order chi connectivity index (χ0) is 39.1. The predicted molar refractivity (Wildman–Crippen MR) is 231 cm³/mol. The zero-order valence-electron chi connectivity index (χ0n) is 33.2. The van der Waals surface area contributed by atoms with Crippen LogP contribution in [-0.2, 0) is 0 Å². The molecule has 0 aliphatic rings. The Morgan fingerprint density at radius 1 is 0.352 bits per heavy atom. The molecule has 1 aromatic heterocycles. The maximum atomic E-state index is 9.69.